The fourth-order valence-electron chi connectivity index (χ4n) is 5.59. The summed E-state index contributed by atoms with van der Waals surface area (Å²) in [5, 5.41) is -0.248. The molecule has 17 heteroatoms. The highest BCUT2D eigenvalue weighted by atomic mass is 35.5. The van der Waals surface area contributed by atoms with E-state index in [2.05, 4.69) is 46.0 Å². The topological polar surface area (TPSA) is 141 Å². The number of piperazine rings is 1. The minimum atomic E-state index is -4.52. The van der Waals surface area contributed by atoms with Crippen LogP contribution in [0, 0.1) is 0 Å². The Morgan fingerprint density at radius 1 is 0.815 bits per heavy atom. The van der Waals surface area contributed by atoms with Crippen LogP contribution in [0.4, 0.5) is 19.0 Å². The lowest BCUT2D eigenvalue weighted by atomic mass is 9.90. The Kier molecular flexibility index (Phi) is 17.2. The summed E-state index contributed by atoms with van der Waals surface area (Å²) in [5.74, 6) is 1.50. The Hall–Kier alpha value is -3.77. The van der Waals surface area contributed by atoms with Crippen LogP contribution in [-0.4, -0.2) is 106 Å². The lowest BCUT2D eigenvalue weighted by molar-refractivity contribution is -0.137. The molecule has 0 radical (unpaired) electrons. The van der Waals surface area contributed by atoms with Gasteiger partial charge in [0.05, 0.1) is 29.7 Å². The van der Waals surface area contributed by atoms with Crippen LogP contribution in [0.1, 0.15) is 34.6 Å². The van der Waals surface area contributed by atoms with E-state index in [1.54, 1.807) is 6.07 Å². The zero-order valence-corrected chi connectivity index (χ0v) is 32.6. The summed E-state index contributed by atoms with van der Waals surface area (Å²) < 4.78 is 98.8. The summed E-state index contributed by atoms with van der Waals surface area (Å²) in [6.45, 7) is 5.72. The van der Waals surface area contributed by atoms with Gasteiger partial charge in [-0.15, -0.1) is 0 Å². The molecule has 0 aliphatic carbocycles. The monoisotopic (exact) mass is 814 g/mol. The smallest absolute Gasteiger partial charge is 0.417 e. The fourth-order valence-corrected chi connectivity index (χ4v) is 5.88. The molecular weight excluding hydrogens is 769 g/mol. The third-order valence-electron chi connectivity index (χ3n) is 8.03. The number of pyridine rings is 1. The van der Waals surface area contributed by atoms with E-state index in [1.165, 1.54) is 6.07 Å². The average Bonchev–Trinajstić information content (AvgIpc) is 3.09. The molecule has 0 spiro atoms. The van der Waals surface area contributed by atoms with Gasteiger partial charge in [-0.25, -0.2) is 0 Å². The first kappa shape index (κ1) is 44.6. The van der Waals surface area contributed by atoms with E-state index in [4.69, 9.17) is 30.4 Å². The molecule has 1 aromatic heterocycles. The number of alkyl halides is 3. The number of rotatable bonds is 12. The van der Waals surface area contributed by atoms with Crippen LogP contribution in [0.3, 0.4) is 0 Å². The molecule has 296 valence electrons. The van der Waals surface area contributed by atoms with Crippen LogP contribution in [-0.2, 0) is 33.0 Å². The Labute approximate surface area is 320 Å². The largest absolute Gasteiger partial charge is 0.478 e. The number of aromatic nitrogens is 1. The van der Waals surface area contributed by atoms with Gasteiger partial charge < -0.3 is 14.5 Å². The molecule has 0 atom stereocenters. The van der Waals surface area contributed by atoms with E-state index in [9.17, 15) is 30.0 Å². The lowest BCUT2D eigenvalue weighted by Gasteiger charge is -2.33. The van der Waals surface area contributed by atoms with Gasteiger partial charge in [0.2, 0.25) is 5.88 Å². The van der Waals surface area contributed by atoms with Crippen molar-refractivity contribution in [3.8, 4) is 5.88 Å². The van der Waals surface area contributed by atoms with Gasteiger partial charge in [0.1, 0.15) is 5.82 Å². The summed E-state index contributed by atoms with van der Waals surface area (Å²) in [4.78, 5) is 11.5. The van der Waals surface area contributed by atoms with Gasteiger partial charge in [-0.3, -0.25) is 14.0 Å². The van der Waals surface area contributed by atoms with Crippen molar-refractivity contribution in [1.29, 1.82) is 0 Å². The fraction of sp³-hybridized carbons (Fsp3) is 0.378. The number of halogens is 4. The van der Waals surface area contributed by atoms with Crippen LogP contribution in [0.15, 0.2) is 97.1 Å². The summed E-state index contributed by atoms with van der Waals surface area (Å²) in [5.41, 5.74) is 1.91. The van der Waals surface area contributed by atoms with Crippen LogP contribution < -0.4 is 9.64 Å². The van der Waals surface area contributed by atoms with Gasteiger partial charge in [-0.05, 0) is 42.3 Å². The molecule has 0 saturated carbocycles. The van der Waals surface area contributed by atoms with Crippen LogP contribution >= 0.6 is 11.6 Å². The van der Waals surface area contributed by atoms with Gasteiger partial charge in [-0.1, -0.05) is 90.5 Å². The first-order chi connectivity index (χ1) is 25.3. The van der Waals surface area contributed by atoms with Crippen molar-refractivity contribution in [1.82, 2.24) is 14.8 Å². The molecule has 1 aliphatic rings. The normalized spacial score (nSPS) is 13.9. The van der Waals surface area contributed by atoms with E-state index >= 15 is 0 Å². The van der Waals surface area contributed by atoms with Crippen molar-refractivity contribution in [3.63, 3.8) is 0 Å². The molecule has 3 aromatic carbocycles. The number of ether oxygens (including phenoxy) is 1. The Morgan fingerprint density at radius 2 is 1.33 bits per heavy atom. The molecule has 1 saturated heterocycles. The third kappa shape index (κ3) is 17.1. The number of anilines is 1. The van der Waals surface area contributed by atoms with Crippen molar-refractivity contribution >= 4 is 37.7 Å². The van der Waals surface area contributed by atoms with E-state index in [0.29, 0.717) is 50.1 Å². The van der Waals surface area contributed by atoms with E-state index in [-0.39, 0.29) is 17.5 Å². The van der Waals surface area contributed by atoms with Crippen LogP contribution in [0.25, 0.3) is 0 Å². The maximum atomic E-state index is 13.7. The standard InChI is InChI=1S/C35H38ClF3N4O.2CH4O3S/c1-41-20-22-43(23-21-41)32-17-9-18-33(40-32)44-24-10-19-42(25-29-15-8-16-31(34(29)36)35(37,38)39)26-30(27-11-4-2-5-12-27)28-13-6-3-7-14-28;2*1-5(2,3)4/h2-9,11-18,30H,10,19-26H2,1H3;2*1H3,(H,2,3,4). The minimum absolute atomic E-state index is 0.0184. The Bertz CT molecular complexity index is 1870. The molecule has 2 heterocycles. The summed E-state index contributed by atoms with van der Waals surface area (Å²) in [6, 6.07) is 30.3. The minimum Gasteiger partial charge on any atom is -0.478 e. The molecule has 4 aromatic rings. The number of likely N-dealkylation sites (N-methyl/N-ethyl adjacent to an activating group) is 1. The number of benzene rings is 3. The zero-order chi connectivity index (χ0) is 39.9. The van der Waals surface area contributed by atoms with Gasteiger partial charge >= 0.3 is 6.18 Å². The van der Waals surface area contributed by atoms with E-state index in [1.807, 2.05) is 54.6 Å². The quantitative estimate of drug-likeness (QED) is 0.118. The van der Waals surface area contributed by atoms with Crippen molar-refractivity contribution in [2.75, 3.05) is 70.3 Å². The first-order valence-electron chi connectivity index (χ1n) is 16.8. The molecule has 0 bridgehead atoms. The molecule has 1 aliphatic heterocycles. The van der Waals surface area contributed by atoms with Gasteiger partial charge in [0.15, 0.2) is 0 Å². The predicted octanol–water partition coefficient (Wildman–Crippen LogP) is 6.62. The Balaban J connectivity index is 0.000000695. The maximum Gasteiger partial charge on any atom is 0.417 e. The Morgan fingerprint density at radius 3 is 1.85 bits per heavy atom. The van der Waals surface area contributed by atoms with Crippen molar-refractivity contribution in [3.05, 3.63) is 124 Å². The van der Waals surface area contributed by atoms with Crippen molar-refractivity contribution in [2.45, 2.75) is 25.1 Å². The lowest BCUT2D eigenvalue weighted by Crippen LogP contribution is -2.44. The average molecular weight is 815 g/mol. The highest BCUT2D eigenvalue weighted by molar-refractivity contribution is 7.85. The second-order valence-corrected chi connectivity index (χ2v) is 16.0. The highest BCUT2D eigenvalue weighted by Crippen LogP contribution is 2.37. The third-order valence-corrected chi connectivity index (χ3v) is 8.47. The summed E-state index contributed by atoms with van der Waals surface area (Å²) in [6.07, 6.45) is -2.43. The zero-order valence-electron chi connectivity index (χ0n) is 30.2. The molecule has 11 nitrogen and oxygen atoms in total. The SMILES string of the molecule is CN1CCN(c2cccc(OCCCN(Cc3cccc(C(F)(F)F)c3Cl)CC(c3ccccc3)c3ccccc3)n2)CC1.CS(=O)(=O)O.CS(=O)(=O)O. The molecule has 0 unspecified atom stereocenters. The summed E-state index contributed by atoms with van der Waals surface area (Å²) >= 11 is 6.35. The number of hydrogen-bond donors (Lipinski definition) is 2. The molecular formula is C37H46ClF3N4O7S2. The van der Waals surface area contributed by atoms with Gasteiger partial charge in [0.25, 0.3) is 20.2 Å². The molecule has 54 heavy (non-hydrogen) atoms. The second-order valence-electron chi connectivity index (χ2n) is 12.7. The highest BCUT2D eigenvalue weighted by Gasteiger charge is 2.34. The molecule has 1 fully saturated rings. The molecule has 5 rings (SSSR count). The number of hydrogen-bond acceptors (Lipinski definition) is 9. The maximum absolute atomic E-state index is 13.7. The molecule has 0 amide bonds. The molecule has 2 N–H and O–H groups in total. The van der Waals surface area contributed by atoms with Gasteiger partial charge in [-0.2, -0.15) is 35.0 Å². The second kappa shape index (κ2) is 20.8. The van der Waals surface area contributed by atoms with Crippen molar-refractivity contribution in [2.24, 2.45) is 0 Å². The van der Waals surface area contributed by atoms with E-state index in [0.717, 1.165) is 49.2 Å². The number of nitrogens with zero attached hydrogens (tertiary/aromatic N) is 4. The van der Waals surface area contributed by atoms with Crippen LogP contribution in [0.2, 0.25) is 5.02 Å². The van der Waals surface area contributed by atoms with Crippen molar-refractivity contribution < 1.29 is 43.8 Å². The summed E-state index contributed by atoms with van der Waals surface area (Å²) in [7, 11) is -5.21. The van der Waals surface area contributed by atoms with Crippen LogP contribution in [0.5, 0.6) is 5.88 Å². The van der Waals surface area contributed by atoms with Gasteiger partial charge in [0, 0.05) is 57.8 Å². The van der Waals surface area contributed by atoms with E-state index < -0.39 is 32.0 Å². The predicted molar refractivity (Wildman–Crippen MR) is 205 cm³/mol. The first-order valence-corrected chi connectivity index (χ1v) is 20.9.